The molecule has 0 aromatic heterocycles. The lowest BCUT2D eigenvalue weighted by molar-refractivity contribution is -0.122. The highest BCUT2D eigenvalue weighted by molar-refractivity contribution is 7.89. The lowest BCUT2D eigenvalue weighted by Crippen LogP contribution is -2.37. The predicted octanol–water partition coefficient (Wildman–Crippen LogP) is 3.17. The van der Waals surface area contributed by atoms with E-state index in [1.165, 1.54) is 14.2 Å². The highest BCUT2D eigenvalue weighted by atomic mass is 32.2. The SMILES string of the molecule is CCC(C)NC(=O)CC(NS(=O)(=O)c1ccc(F)cc1)c1cccc(OC)c1OC. The second kappa shape index (κ2) is 10.4. The summed E-state index contributed by atoms with van der Waals surface area (Å²) in [6, 6.07) is 8.48. The van der Waals surface area contributed by atoms with Gasteiger partial charge in [-0.2, -0.15) is 0 Å². The van der Waals surface area contributed by atoms with Crippen LogP contribution in [0.1, 0.15) is 38.3 Å². The molecular formula is C21H27FN2O5S. The third kappa shape index (κ3) is 5.93. The molecule has 2 atom stereocenters. The molecule has 2 N–H and O–H groups in total. The van der Waals surface area contributed by atoms with E-state index in [0.717, 1.165) is 30.7 Å². The quantitative estimate of drug-likeness (QED) is 0.594. The van der Waals surface area contributed by atoms with Crippen molar-refractivity contribution in [3.8, 4) is 11.5 Å². The molecule has 0 radical (unpaired) electrons. The van der Waals surface area contributed by atoms with Crippen LogP contribution in [0.25, 0.3) is 0 Å². The molecular weight excluding hydrogens is 411 g/mol. The second-order valence-electron chi connectivity index (χ2n) is 6.79. The smallest absolute Gasteiger partial charge is 0.241 e. The van der Waals surface area contributed by atoms with E-state index in [-0.39, 0.29) is 23.3 Å². The fraction of sp³-hybridized carbons (Fsp3) is 0.381. The molecule has 0 saturated heterocycles. The molecule has 0 fully saturated rings. The zero-order chi connectivity index (χ0) is 22.3. The van der Waals surface area contributed by atoms with E-state index in [1.54, 1.807) is 18.2 Å². The number of ether oxygens (including phenoxy) is 2. The van der Waals surface area contributed by atoms with Crippen LogP contribution in [0, 0.1) is 5.82 Å². The number of hydrogen-bond acceptors (Lipinski definition) is 5. The number of benzene rings is 2. The summed E-state index contributed by atoms with van der Waals surface area (Å²) in [6.07, 6.45) is 0.578. The first kappa shape index (κ1) is 23.6. The predicted molar refractivity (Wildman–Crippen MR) is 112 cm³/mol. The van der Waals surface area contributed by atoms with Crippen molar-refractivity contribution in [2.24, 2.45) is 0 Å². The van der Waals surface area contributed by atoms with Crippen molar-refractivity contribution in [1.82, 2.24) is 10.0 Å². The van der Waals surface area contributed by atoms with Crippen molar-refractivity contribution < 1.29 is 27.1 Å². The van der Waals surface area contributed by atoms with Crippen LogP contribution in [0.2, 0.25) is 0 Å². The highest BCUT2D eigenvalue weighted by Crippen LogP contribution is 2.36. The van der Waals surface area contributed by atoms with Gasteiger partial charge >= 0.3 is 0 Å². The van der Waals surface area contributed by atoms with E-state index in [2.05, 4.69) is 10.0 Å². The summed E-state index contributed by atoms with van der Waals surface area (Å²) in [4.78, 5) is 12.4. The van der Waals surface area contributed by atoms with Crippen LogP contribution in [-0.2, 0) is 14.8 Å². The summed E-state index contributed by atoms with van der Waals surface area (Å²) in [5.74, 6) is -0.139. The summed E-state index contributed by atoms with van der Waals surface area (Å²) in [5, 5.41) is 2.83. The van der Waals surface area contributed by atoms with Gasteiger partial charge < -0.3 is 14.8 Å². The van der Waals surface area contributed by atoms with Crippen LogP contribution in [-0.4, -0.2) is 34.6 Å². The Labute approximate surface area is 176 Å². The number of carbonyl (C=O) groups excluding carboxylic acids is 1. The van der Waals surface area contributed by atoms with Gasteiger partial charge in [-0.1, -0.05) is 19.1 Å². The van der Waals surface area contributed by atoms with E-state index >= 15 is 0 Å². The minimum Gasteiger partial charge on any atom is -0.493 e. The van der Waals surface area contributed by atoms with Gasteiger partial charge in [0, 0.05) is 18.0 Å². The molecule has 2 aromatic carbocycles. The topological polar surface area (TPSA) is 93.7 Å². The molecule has 2 rings (SSSR count). The minimum absolute atomic E-state index is 0.0564. The van der Waals surface area contributed by atoms with Gasteiger partial charge in [0.2, 0.25) is 15.9 Å². The fourth-order valence-corrected chi connectivity index (χ4v) is 4.11. The molecule has 0 aliphatic heterocycles. The van der Waals surface area contributed by atoms with E-state index in [1.807, 2.05) is 13.8 Å². The average molecular weight is 439 g/mol. The highest BCUT2D eigenvalue weighted by Gasteiger charge is 2.27. The van der Waals surface area contributed by atoms with Crippen molar-refractivity contribution in [3.63, 3.8) is 0 Å². The Hall–Kier alpha value is -2.65. The largest absolute Gasteiger partial charge is 0.493 e. The molecule has 30 heavy (non-hydrogen) atoms. The lowest BCUT2D eigenvalue weighted by atomic mass is 10.0. The van der Waals surface area contributed by atoms with E-state index in [0.29, 0.717) is 17.1 Å². The van der Waals surface area contributed by atoms with Crippen molar-refractivity contribution in [2.75, 3.05) is 14.2 Å². The average Bonchev–Trinajstić information content (AvgIpc) is 2.72. The molecule has 1 amide bonds. The van der Waals surface area contributed by atoms with E-state index in [9.17, 15) is 17.6 Å². The third-order valence-electron chi connectivity index (χ3n) is 4.64. The lowest BCUT2D eigenvalue weighted by Gasteiger charge is -2.23. The summed E-state index contributed by atoms with van der Waals surface area (Å²) in [6.45, 7) is 3.80. The van der Waals surface area contributed by atoms with Gasteiger partial charge in [-0.25, -0.2) is 17.5 Å². The molecule has 2 unspecified atom stereocenters. The van der Waals surface area contributed by atoms with Gasteiger partial charge in [-0.3, -0.25) is 4.79 Å². The summed E-state index contributed by atoms with van der Waals surface area (Å²) in [7, 11) is -1.14. The molecule has 7 nitrogen and oxygen atoms in total. The van der Waals surface area contributed by atoms with Crippen LogP contribution in [0.5, 0.6) is 11.5 Å². The Kier molecular flexibility index (Phi) is 8.19. The molecule has 9 heteroatoms. The summed E-state index contributed by atoms with van der Waals surface area (Å²) >= 11 is 0. The summed E-state index contributed by atoms with van der Waals surface area (Å²) in [5.41, 5.74) is 0.446. The fourth-order valence-electron chi connectivity index (χ4n) is 2.89. The van der Waals surface area contributed by atoms with Gasteiger partial charge in [-0.05, 0) is 43.7 Å². The maximum Gasteiger partial charge on any atom is 0.241 e. The molecule has 0 saturated carbocycles. The number of hydrogen-bond donors (Lipinski definition) is 2. The van der Waals surface area contributed by atoms with Crippen LogP contribution in [0.4, 0.5) is 4.39 Å². The second-order valence-corrected chi connectivity index (χ2v) is 8.51. The Balaban J connectivity index is 2.44. The first-order chi connectivity index (χ1) is 14.2. The maximum absolute atomic E-state index is 13.2. The monoisotopic (exact) mass is 438 g/mol. The first-order valence-corrected chi connectivity index (χ1v) is 11.0. The van der Waals surface area contributed by atoms with Crippen molar-refractivity contribution in [3.05, 3.63) is 53.8 Å². The maximum atomic E-state index is 13.2. The normalized spacial score (nSPS) is 13.4. The Morgan fingerprint density at radius 3 is 2.33 bits per heavy atom. The van der Waals surface area contributed by atoms with Crippen LogP contribution >= 0.6 is 0 Å². The standard InChI is InChI=1S/C21H27FN2O5S/c1-5-14(2)23-20(25)13-18(17-7-6-8-19(28-3)21(17)29-4)24-30(26,27)16-11-9-15(22)10-12-16/h6-12,14,18,24H,5,13H2,1-4H3,(H,23,25). The zero-order valence-electron chi connectivity index (χ0n) is 17.4. The zero-order valence-corrected chi connectivity index (χ0v) is 18.3. The van der Waals surface area contributed by atoms with Crippen LogP contribution in [0.15, 0.2) is 47.4 Å². The van der Waals surface area contributed by atoms with Crippen molar-refractivity contribution in [2.45, 2.75) is 43.7 Å². The van der Waals surface area contributed by atoms with Crippen LogP contribution in [0.3, 0.4) is 0 Å². The van der Waals surface area contributed by atoms with Gasteiger partial charge in [0.15, 0.2) is 11.5 Å². The molecule has 2 aromatic rings. The summed E-state index contributed by atoms with van der Waals surface area (Å²) < 4.78 is 52.3. The number of methoxy groups -OCH3 is 2. The number of sulfonamides is 1. The number of amides is 1. The molecule has 164 valence electrons. The van der Waals surface area contributed by atoms with Gasteiger partial charge in [0.25, 0.3) is 0 Å². The van der Waals surface area contributed by atoms with E-state index < -0.39 is 21.9 Å². The minimum atomic E-state index is -4.04. The third-order valence-corrected chi connectivity index (χ3v) is 6.13. The number of carbonyl (C=O) groups is 1. The molecule has 0 bridgehead atoms. The number of para-hydroxylation sites is 1. The van der Waals surface area contributed by atoms with Gasteiger partial charge in [-0.15, -0.1) is 0 Å². The van der Waals surface area contributed by atoms with Gasteiger partial charge in [0.1, 0.15) is 5.82 Å². The van der Waals surface area contributed by atoms with Crippen LogP contribution < -0.4 is 19.5 Å². The van der Waals surface area contributed by atoms with Crippen molar-refractivity contribution >= 4 is 15.9 Å². The first-order valence-electron chi connectivity index (χ1n) is 9.50. The number of nitrogens with one attached hydrogen (secondary N) is 2. The van der Waals surface area contributed by atoms with Crippen molar-refractivity contribution in [1.29, 1.82) is 0 Å². The molecule has 0 aliphatic carbocycles. The van der Waals surface area contributed by atoms with E-state index in [4.69, 9.17) is 9.47 Å². The molecule has 0 spiro atoms. The molecule has 0 heterocycles. The Morgan fingerprint density at radius 2 is 1.77 bits per heavy atom. The number of rotatable bonds is 10. The Bertz CT molecular complexity index is 964. The number of halogens is 1. The van der Waals surface area contributed by atoms with Gasteiger partial charge in [0.05, 0.1) is 25.2 Å². The molecule has 0 aliphatic rings. The Morgan fingerprint density at radius 1 is 1.10 bits per heavy atom.